The largest absolute Gasteiger partial charge is 0.384 e. The van der Waals surface area contributed by atoms with E-state index in [9.17, 15) is 4.79 Å². The summed E-state index contributed by atoms with van der Waals surface area (Å²) in [7, 11) is 3.79. The van der Waals surface area contributed by atoms with Crippen LogP contribution in [-0.4, -0.2) is 55.6 Å². The molecule has 0 bridgehead atoms. The molecule has 4 heteroatoms. The Kier molecular flexibility index (Phi) is 5.76. The number of benzene rings is 1. The highest BCUT2D eigenvalue weighted by Gasteiger charge is 2.30. The summed E-state index contributed by atoms with van der Waals surface area (Å²) >= 11 is 0. The number of ether oxygens (including phenoxy) is 1. The van der Waals surface area contributed by atoms with Crippen LogP contribution >= 0.6 is 0 Å². The molecule has 0 N–H and O–H groups in total. The van der Waals surface area contributed by atoms with E-state index in [1.54, 1.807) is 7.11 Å². The second-order valence-electron chi connectivity index (χ2n) is 5.98. The van der Waals surface area contributed by atoms with E-state index in [4.69, 9.17) is 4.74 Å². The average molecular weight is 290 g/mol. The van der Waals surface area contributed by atoms with Crippen molar-refractivity contribution in [3.63, 3.8) is 0 Å². The van der Waals surface area contributed by atoms with Crippen molar-refractivity contribution in [2.75, 3.05) is 33.9 Å². The highest BCUT2D eigenvalue weighted by atomic mass is 16.5. The van der Waals surface area contributed by atoms with Crippen molar-refractivity contribution in [2.45, 2.75) is 25.9 Å². The minimum atomic E-state index is -0.0480. The first-order chi connectivity index (χ1) is 10.1. The molecule has 0 aromatic heterocycles. The zero-order chi connectivity index (χ0) is 15.2. The fraction of sp³-hybridized carbons (Fsp3) is 0.588. The number of rotatable bonds is 6. The highest BCUT2D eigenvalue weighted by molar-refractivity contribution is 5.79. The topological polar surface area (TPSA) is 32.8 Å². The van der Waals surface area contributed by atoms with Gasteiger partial charge in [0.2, 0.25) is 5.91 Å². The Bertz CT molecular complexity index is 449. The Balaban J connectivity index is 1.85. The summed E-state index contributed by atoms with van der Waals surface area (Å²) in [5.74, 6) is 0.167. The Morgan fingerprint density at radius 3 is 2.81 bits per heavy atom. The van der Waals surface area contributed by atoms with Crippen molar-refractivity contribution in [3.8, 4) is 0 Å². The molecule has 2 unspecified atom stereocenters. The Morgan fingerprint density at radius 1 is 1.43 bits per heavy atom. The molecule has 0 spiro atoms. The zero-order valence-electron chi connectivity index (χ0n) is 13.3. The first-order valence-electron chi connectivity index (χ1n) is 7.63. The summed E-state index contributed by atoms with van der Waals surface area (Å²) in [6, 6.07) is 10.9. The minimum absolute atomic E-state index is 0.0480. The summed E-state index contributed by atoms with van der Waals surface area (Å²) in [4.78, 5) is 16.6. The summed E-state index contributed by atoms with van der Waals surface area (Å²) in [6.45, 7) is 5.06. The maximum atomic E-state index is 12.3. The molecule has 116 valence electrons. The lowest BCUT2D eigenvalue weighted by atomic mass is 10.1. The quantitative estimate of drug-likeness (QED) is 0.803. The number of nitrogens with zero attached hydrogens (tertiary/aromatic N) is 2. The molecule has 0 radical (unpaired) electrons. The van der Waals surface area contributed by atoms with Gasteiger partial charge < -0.3 is 9.64 Å². The second-order valence-corrected chi connectivity index (χ2v) is 5.98. The lowest BCUT2D eigenvalue weighted by molar-refractivity contribution is -0.135. The van der Waals surface area contributed by atoms with E-state index in [1.165, 1.54) is 5.56 Å². The number of carbonyl (C=O) groups excluding carboxylic acids is 1. The van der Waals surface area contributed by atoms with E-state index < -0.39 is 0 Å². The monoisotopic (exact) mass is 290 g/mol. The van der Waals surface area contributed by atoms with E-state index in [0.29, 0.717) is 12.6 Å². The van der Waals surface area contributed by atoms with Gasteiger partial charge in [-0.05, 0) is 19.0 Å². The van der Waals surface area contributed by atoms with Gasteiger partial charge in [0.1, 0.15) is 0 Å². The third kappa shape index (κ3) is 4.29. The van der Waals surface area contributed by atoms with Crippen LogP contribution in [0.4, 0.5) is 0 Å². The summed E-state index contributed by atoms with van der Waals surface area (Å²) in [5.41, 5.74) is 1.32. The fourth-order valence-electron chi connectivity index (χ4n) is 2.94. The van der Waals surface area contributed by atoms with Gasteiger partial charge in [-0.1, -0.05) is 37.3 Å². The molecular weight excluding hydrogens is 264 g/mol. The predicted octanol–water partition coefficient (Wildman–Crippen LogP) is 2.00. The number of carbonyl (C=O) groups is 1. The molecule has 2 rings (SSSR count). The first-order valence-corrected chi connectivity index (χ1v) is 7.63. The minimum Gasteiger partial charge on any atom is -0.384 e. The Labute approximate surface area is 127 Å². The molecule has 1 aromatic rings. The van der Waals surface area contributed by atoms with E-state index >= 15 is 0 Å². The van der Waals surface area contributed by atoms with Crippen LogP contribution in [0.1, 0.15) is 18.9 Å². The van der Waals surface area contributed by atoms with Crippen molar-refractivity contribution in [2.24, 2.45) is 5.92 Å². The van der Waals surface area contributed by atoms with Gasteiger partial charge in [-0.3, -0.25) is 9.69 Å². The molecule has 1 amide bonds. The zero-order valence-corrected chi connectivity index (χ0v) is 13.3. The summed E-state index contributed by atoms with van der Waals surface area (Å²) in [6.07, 6.45) is 1.05. The SMILES string of the molecule is COCC(C)C(=O)N1CCC(N(C)Cc2ccccc2)C1. The van der Waals surface area contributed by atoms with Crippen LogP contribution in [0.15, 0.2) is 30.3 Å². The Morgan fingerprint density at radius 2 is 2.14 bits per heavy atom. The van der Waals surface area contributed by atoms with Crippen molar-refractivity contribution in [1.82, 2.24) is 9.80 Å². The third-order valence-corrected chi connectivity index (χ3v) is 4.21. The number of amides is 1. The maximum Gasteiger partial charge on any atom is 0.227 e. The molecule has 0 aliphatic carbocycles. The van der Waals surface area contributed by atoms with Crippen LogP contribution < -0.4 is 0 Å². The van der Waals surface area contributed by atoms with Crippen molar-refractivity contribution >= 4 is 5.91 Å². The van der Waals surface area contributed by atoms with Gasteiger partial charge in [0, 0.05) is 32.8 Å². The molecule has 21 heavy (non-hydrogen) atoms. The van der Waals surface area contributed by atoms with E-state index in [2.05, 4.69) is 36.2 Å². The summed E-state index contributed by atoms with van der Waals surface area (Å²) < 4.78 is 5.08. The average Bonchev–Trinajstić information content (AvgIpc) is 2.97. The Hall–Kier alpha value is -1.39. The van der Waals surface area contributed by atoms with Crippen molar-refractivity contribution < 1.29 is 9.53 Å². The molecule has 1 aliphatic heterocycles. The van der Waals surface area contributed by atoms with Crippen LogP contribution in [0, 0.1) is 5.92 Å². The van der Waals surface area contributed by atoms with Gasteiger partial charge in [-0.15, -0.1) is 0 Å². The first kappa shape index (κ1) is 16.0. The number of likely N-dealkylation sites (N-methyl/N-ethyl adjacent to an activating group) is 1. The molecule has 0 saturated carbocycles. The molecule has 1 aliphatic rings. The number of hydrogen-bond donors (Lipinski definition) is 0. The van der Waals surface area contributed by atoms with Gasteiger partial charge in [0.15, 0.2) is 0 Å². The lowest BCUT2D eigenvalue weighted by Gasteiger charge is -2.25. The van der Waals surface area contributed by atoms with Gasteiger partial charge in [-0.25, -0.2) is 0 Å². The number of methoxy groups -OCH3 is 1. The third-order valence-electron chi connectivity index (χ3n) is 4.21. The van der Waals surface area contributed by atoms with Crippen molar-refractivity contribution in [3.05, 3.63) is 35.9 Å². The number of likely N-dealkylation sites (tertiary alicyclic amines) is 1. The van der Waals surface area contributed by atoms with Gasteiger partial charge in [0.05, 0.1) is 12.5 Å². The van der Waals surface area contributed by atoms with Gasteiger partial charge >= 0.3 is 0 Å². The van der Waals surface area contributed by atoms with Crippen LogP contribution in [-0.2, 0) is 16.1 Å². The van der Waals surface area contributed by atoms with Crippen LogP contribution in [0.3, 0.4) is 0 Å². The lowest BCUT2D eigenvalue weighted by Crippen LogP contribution is -2.39. The summed E-state index contributed by atoms with van der Waals surface area (Å²) in [5, 5.41) is 0. The molecule has 1 fully saturated rings. The fourth-order valence-corrected chi connectivity index (χ4v) is 2.94. The highest BCUT2D eigenvalue weighted by Crippen LogP contribution is 2.18. The maximum absolute atomic E-state index is 12.3. The van der Waals surface area contributed by atoms with Crippen LogP contribution in [0.5, 0.6) is 0 Å². The molecule has 1 heterocycles. The second kappa shape index (κ2) is 7.57. The molecular formula is C17H26N2O2. The van der Waals surface area contributed by atoms with Crippen molar-refractivity contribution in [1.29, 1.82) is 0 Å². The van der Waals surface area contributed by atoms with Crippen LogP contribution in [0.2, 0.25) is 0 Å². The van der Waals surface area contributed by atoms with Crippen LogP contribution in [0.25, 0.3) is 0 Å². The standard InChI is InChI=1S/C17H26N2O2/c1-14(13-21-3)17(20)19-10-9-16(12-19)18(2)11-15-7-5-4-6-8-15/h4-8,14,16H,9-13H2,1-3H3. The van der Waals surface area contributed by atoms with Gasteiger partial charge in [-0.2, -0.15) is 0 Å². The van der Waals surface area contributed by atoms with E-state index in [1.807, 2.05) is 17.9 Å². The molecule has 4 nitrogen and oxygen atoms in total. The van der Waals surface area contributed by atoms with Gasteiger partial charge in [0.25, 0.3) is 0 Å². The molecule has 2 atom stereocenters. The predicted molar refractivity (Wildman–Crippen MR) is 83.9 cm³/mol. The normalized spacial score (nSPS) is 20.0. The number of hydrogen-bond acceptors (Lipinski definition) is 3. The molecule has 1 aromatic carbocycles. The molecule has 1 saturated heterocycles. The van der Waals surface area contributed by atoms with E-state index in [0.717, 1.165) is 26.1 Å². The van der Waals surface area contributed by atoms with E-state index in [-0.39, 0.29) is 11.8 Å². The smallest absolute Gasteiger partial charge is 0.227 e.